The van der Waals surface area contributed by atoms with E-state index in [1.165, 1.54) is 19.4 Å². The molecule has 0 aliphatic rings. The van der Waals surface area contributed by atoms with Crippen molar-refractivity contribution in [1.82, 2.24) is 4.90 Å². The Hall–Kier alpha value is -1.22. The Balaban J connectivity index is 2.73. The fraction of sp³-hybridized carbons (Fsp3) is 0.133. The average molecular weight is 393 g/mol. The molecule has 0 fully saturated rings. The van der Waals surface area contributed by atoms with Crippen molar-refractivity contribution in [2.45, 2.75) is 0 Å². The first-order valence-corrected chi connectivity index (χ1v) is 6.82. The van der Waals surface area contributed by atoms with Gasteiger partial charge in [-0.1, -0.05) is 0 Å². The molecule has 1 nitrogen and oxygen atoms in total. The van der Waals surface area contributed by atoms with Crippen molar-refractivity contribution in [3.63, 3.8) is 0 Å². The molecule has 2 heteroatoms. The zero-order valence-electron chi connectivity index (χ0n) is 9.73. The van der Waals surface area contributed by atoms with Crippen molar-refractivity contribution in [3.05, 3.63) is 61.2 Å². The minimum absolute atomic E-state index is 0.814. The maximum absolute atomic E-state index is 3.76. The number of hydrogen-bond donors (Lipinski definition) is 0. The molecule has 0 aliphatic heterocycles. The summed E-state index contributed by atoms with van der Waals surface area (Å²) in [5, 5.41) is 0. The summed E-state index contributed by atoms with van der Waals surface area (Å²) < 4.78 is 1.12. The van der Waals surface area contributed by atoms with Crippen molar-refractivity contribution in [2.75, 3.05) is 13.1 Å². The maximum atomic E-state index is 3.76. The molecule has 0 saturated heterocycles. The summed E-state index contributed by atoms with van der Waals surface area (Å²) in [6.45, 7) is 9.14. The van der Waals surface area contributed by atoms with Gasteiger partial charge in [-0.15, -0.1) is 0 Å². The van der Waals surface area contributed by atoms with Gasteiger partial charge < -0.3 is 0 Å². The van der Waals surface area contributed by atoms with Gasteiger partial charge in [0.25, 0.3) is 0 Å². The van der Waals surface area contributed by atoms with Crippen LogP contribution in [0.2, 0.25) is 0 Å². The van der Waals surface area contributed by atoms with Crippen LogP contribution in [0.15, 0.2) is 55.6 Å². The van der Waals surface area contributed by atoms with Crippen LogP contribution in [0.25, 0.3) is 0 Å². The third-order valence-corrected chi connectivity index (χ3v) is 3.37. The minimum atomic E-state index is 0.814. The fourth-order valence-electron chi connectivity index (χ4n) is 1.28. The molecule has 1 aromatic rings. The van der Waals surface area contributed by atoms with E-state index >= 15 is 0 Å². The second kappa shape index (κ2) is 7.96. The summed E-state index contributed by atoms with van der Waals surface area (Å²) in [7, 11) is 0. The van der Waals surface area contributed by atoms with E-state index < -0.39 is 0 Å². The van der Waals surface area contributed by atoms with Gasteiger partial charge in [0.15, 0.2) is 0 Å². The van der Waals surface area contributed by atoms with Crippen LogP contribution in [0, 0.1) is 11.8 Å². The van der Waals surface area contributed by atoms with Gasteiger partial charge >= 0.3 is 114 Å². The molecule has 1 aromatic carbocycles. The first kappa shape index (κ1) is 13.8. The standard InChI is InChI=1S/C15H15N.W/c1-3-12-16(13-4-2)14-8-11-15-9-6-5-7-10-15;/h3-7,9-10H,1-2,12-13H2;. The van der Waals surface area contributed by atoms with Crippen LogP contribution < -0.4 is 0 Å². The molecular formula is C15H15NW. The Morgan fingerprint density at radius 3 is 2.29 bits per heavy atom. The molecule has 0 unspecified atom stereocenters. The number of hydrogen-bond acceptors (Lipinski definition) is 1. The molecule has 0 bridgehead atoms. The molecule has 0 aromatic heterocycles. The van der Waals surface area contributed by atoms with Crippen molar-refractivity contribution >= 4 is 4.02 Å². The summed E-state index contributed by atoms with van der Waals surface area (Å²) in [6.07, 6.45) is 3.77. The van der Waals surface area contributed by atoms with Crippen LogP contribution in [0.5, 0.6) is 0 Å². The summed E-state index contributed by atoms with van der Waals surface area (Å²) in [6, 6.07) is 10.0. The molecule has 0 atom stereocenters. The Morgan fingerprint density at radius 2 is 1.76 bits per heavy atom. The van der Waals surface area contributed by atoms with Gasteiger partial charge in [-0.3, -0.25) is 0 Å². The number of rotatable bonds is 5. The summed E-state index contributed by atoms with van der Waals surface area (Å²) in [4.78, 5) is 2.17. The topological polar surface area (TPSA) is 3.24 Å². The van der Waals surface area contributed by atoms with Crippen molar-refractivity contribution in [1.29, 1.82) is 0 Å². The zero-order valence-corrected chi connectivity index (χ0v) is 12.7. The van der Waals surface area contributed by atoms with Gasteiger partial charge in [-0.2, -0.15) is 0 Å². The molecule has 0 heterocycles. The van der Waals surface area contributed by atoms with Gasteiger partial charge in [0.1, 0.15) is 0 Å². The predicted octanol–water partition coefficient (Wildman–Crippen LogP) is 2.39. The second-order valence-corrected chi connectivity index (χ2v) is 4.79. The summed E-state index contributed by atoms with van der Waals surface area (Å²) >= 11 is 1.37. The van der Waals surface area contributed by atoms with Crippen LogP contribution >= 0.6 is 0 Å². The molecule has 0 amide bonds. The van der Waals surface area contributed by atoms with E-state index in [0.29, 0.717) is 0 Å². The van der Waals surface area contributed by atoms with Crippen molar-refractivity contribution in [3.8, 4) is 11.8 Å². The average Bonchev–Trinajstić information content (AvgIpc) is 2.37. The van der Waals surface area contributed by atoms with Crippen LogP contribution in [0.3, 0.4) is 0 Å². The quantitative estimate of drug-likeness (QED) is 0.549. The summed E-state index contributed by atoms with van der Waals surface area (Å²) in [5.41, 5.74) is 1.04. The number of benzene rings is 1. The fourth-order valence-corrected chi connectivity index (χ4v) is 2.00. The Bertz CT molecular complexity index is 441. The van der Waals surface area contributed by atoms with Gasteiger partial charge in [0.2, 0.25) is 0 Å². The van der Waals surface area contributed by atoms with Gasteiger partial charge in [0.05, 0.1) is 0 Å². The van der Waals surface area contributed by atoms with Crippen molar-refractivity contribution < 1.29 is 19.4 Å². The van der Waals surface area contributed by atoms with Crippen molar-refractivity contribution in [2.24, 2.45) is 0 Å². The second-order valence-electron chi connectivity index (χ2n) is 3.40. The van der Waals surface area contributed by atoms with E-state index in [1.54, 1.807) is 0 Å². The van der Waals surface area contributed by atoms with E-state index in [2.05, 4.69) is 29.9 Å². The van der Waals surface area contributed by atoms with E-state index in [4.69, 9.17) is 0 Å². The van der Waals surface area contributed by atoms with E-state index in [1.807, 2.05) is 42.5 Å². The monoisotopic (exact) mass is 393 g/mol. The third-order valence-electron chi connectivity index (χ3n) is 2.07. The molecule has 0 spiro atoms. The van der Waals surface area contributed by atoms with E-state index in [-0.39, 0.29) is 0 Å². The molecule has 17 heavy (non-hydrogen) atoms. The molecule has 0 saturated carbocycles. The predicted molar refractivity (Wildman–Crippen MR) is 70.3 cm³/mol. The molecule has 86 valence electrons. The first-order valence-electron chi connectivity index (χ1n) is 5.35. The Labute approximate surface area is 114 Å². The van der Waals surface area contributed by atoms with E-state index in [0.717, 1.165) is 22.7 Å². The normalized spacial score (nSPS) is 9.24. The molecule has 0 radical (unpaired) electrons. The van der Waals surface area contributed by atoms with Crippen LogP contribution in [0.4, 0.5) is 0 Å². The summed E-state index contributed by atoms with van der Waals surface area (Å²) in [5.74, 6) is 6.37. The molecule has 0 aliphatic carbocycles. The Kier molecular flexibility index (Phi) is 6.48. The van der Waals surface area contributed by atoms with Gasteiger partial charge in [-0.05, 0) is 0 Å². The zero-order chi connectivity index (χ0) is 12.5. The molecular weight excluding hydrogens is 378 g/mol. The van der Waals surface area contributed by atoms with Crippen LogP contribution in [-0.4, -0.2) is 22.0 Å². The Morgan fingerprint density at radius 1 is 1.18 bits per heavy atom. The third kappa shape index (κ3) is 5.09. The SMILES string of the molecule is C=CCN(CC=C)[C](=[W])C#Cc1ccccc1. The van der Waals surface area contributed by atoms with Crippen LogP contribution in [0.1, 0.15) is 5.56 Å². The molecule has 1 rings (SSSR count). The van der Waals surface area contributed by atoms with Gasteiger partial charge in [0, 0.05) is 0 Å². The molecule has 0 N–H and O–H groups in total. The number of nitrogens with zero attached hydrogens (tertiary/aromatic N) is 1. The van der Waals surface area contributed by atoms with E-state index in [9.17, 15) is 0 Å². The van der Waals surface area contributed by atoms with Crippen LogP contribution in [-0.2, 0) is 19.4 Å². The van der Waals surface area contributed by atoms with Gasteiger partial charge in [-0.25, -0.2) is 0 Å². The first-order chi connectivity index (χ1) is 8.27.